The number of carboxylic acid groups (broad SMARTS) is 1. The number of likely N-dealkylation sites (tertiary alicyclic amines) is 1. The van der Waals surface area contributed by atoms with Crippen molar-refractivity contribution < 1.29 is 19.0 Å². The Labute approximate surface area is 241 Å². The molecule has 214 valence electrons. The Balaban J connectivity index is 1.30. The topological polar surface area (TPSA) is 130 Å². The van der Waals surface area contributed by atoms with E-state index in [0.29, 0.717) is 47.6 Å². The van der Waals surface area contributed by atoms with Gasteiger partial charge in [-0.2, -0.15) is 5.10 Å². The minimum Gasteiger partial charge on any atom is -0.465 e. The Hall–Kier alpha value is -5.26. The number of halogens is 1. The monoisotopic (exact) mass is 568 g/mol. The molecular weight excluding hydrogens is 539 g/mol. The summed E-state index contributed by atoms with van der Waals surface area (Å²) >= 11 is 0. The second kappa shape index (κ2) is 11.3. The number of nitrogens with one attached hydrogen (secondary N) is 2. The number of amides is 1. The predicted molar refractivity (Wildman–Crippen MR) is 157 cm³/mol. The standard InChI is InChI=1S/C30H29FN8O3/c1-18-10-11-20-21(7-3-9-24(20)35-27-23(31)17-38(2)37-27)26(18)42-28-22(8-4-13-32-28)25-12-14-33-29(36-25)34-19-6-5-15-39(16-19)30(40)41/h3-4,7-14,17,19H,5-6,15-16H2,1-2H3,(H,35,37)(H,40,41)(H,33,34,36). The molecule has 0 spiro atoms. The van der Waals surface area contributed by atoms with Gasteiger partial charge in [0.1, 0.15) is 5.75 Å². The summed E-state index contributed by atoms with van der Waals surface area (Å²) in [6, 6.07) is 14.9. The summed E-state index contributed by atoms with van der Waals surface area (Å²) in [5.41, 5.74) is 2.85. The van der Waals surface area contributed by atoms with E-state index in [4.69, 9.17) is 9.72 Å². The van der Waals surface area contributed by atoms with Gasteiger partial charge >= 0.3 is 6.09 Å². The third-order valence-corrected chi connectivity index (χ3v) is 7.17. The number of fused-ring (bicyclic) bond motifs is 1. The van der Waals surface area contributed by atoms with Crippen LogP contribution in [0.4, 0.5) is 26.6 Å². The number of aromatic nitrogens is 5. The van der Waals surface area contributed by atoms with Crippen LogP contribution in [0.5, 0.6) is 11.6 Å². The number of benzene rings is 2. The highest BCUT2D eigenvalue weighted by atomic mass is 19.1. The third kappa shape index (κ3) is 5.51. The van der Waals surface area contributed by atoms with E-state index in [1.807, 2.05) is 49.4 Å². The average Bonchev–Trinajstić information content (AvgIpc) is 3.31. The van der Waals surface area contributed by atoms with Crippen LogP contribution in [0.15, 0.2) is 67.1 Å². The third-order valence-electron chi connectivity index (χ3n) is 7.17. The summed E-state index contributed by atoms with van der Waals surface area (Å²) in [6.07, 6.45) is 5.27. The number of hydrogen-bond donors (Lipinski definition) is 3. The SMILES string of the molecule is Cc1ccc2c(Nc3nn(C)cc3F)cccc2c1Oc1ncccc1-c1ccnc(NC2CCCN(C(=O)O)C2)n1. The van der Waals surface area contributed by atoms with Crippen LogP contribution < -0.4 is 15.4 Å². The lowest BCUT2D eigenvalue weighted by atomic mass is 10.0. The molecule has 1 fully saturated rings. The molecule has 1 saturated heterocycles. The summed E-state index contributed by atoms with van der Waals surface area (Å²) < 4.78 is 22.2. The average molecular weight is 569 g/mol. The van der Waals surface area contributed by atoms with Crippen molar-refractivity contribution in [1.82, 2.24) is 29.6 Å². The van der Waals surface area contributed by atoms with Crippen molar-refractivity contribution in [3.63, 3.8) is 0 Å². The molecule has 0 saturated carbocycles. The van der Waals surface area contributed by atoms with Crippen LogP contribution in [-0.2, 0) is 7.05 Å². The van der Waals surface area contributed by atoms with E-state index < -0.39 is 11.9 Å². The van der Waals surface area contributed by atoms with E-state index in [0.717, 1.165) is 29.2 Å². The number of nitrogens with zero attached hydrogens (tertiary/aromatic N) is 6. The summed E-state index contributed by atoms with van der Waals surface area (Å²) in [6.45, 7) is 2.84. The quantitative estimate of drug-likeness (QED) is 0.218. The molecule has 6 rings (SSSR count). The highest BCUT2D eigenvalue weighted by Gasteiger charge is 2.24. The van der Waals surface area contributed by atoms with E-state index in [9.17, 15) is 14.3 Å². The van der Waals surface area contributed by atoms with E-state index in [2.05, 4.69) is 25.7 Å². The lowest BCUT2D eigenvalue weighted by Crippen LogP contribution is -2.44. The first kappa shape index (κ1) is 26.9. The Morgan fingerprint density at radius 1 is 1.10 bits per heavy atom. The fourth-order valence-electron chi connectivity index (χ4n) is 5.15. The molecule has 0 radical (unpaired) electrons. The summed E-state index contributed by atoms with van der Waals surface area (Å²) in [4.78, 5) is 26.4. The molecule has 3 N–H and O–H groups in total. The molecule has 12 heteroatoms. The zero-order valence-corrected chi connectivity index (χ0v) is 23.1. The minimum absolute atomic E-state index is 0.0876. The Bertz CT molecular complexity index is 1780. The number of ether oxygens (including phenoxy) is 1. The molecule has 1 amide bonds. The number of rotatable bonds is 7. The number of pyridine rings is 1. The van der Waals surface area contributed by atoms with Crippen LogP contribution in [0.3, 0.4) is 0 Å². The molecule has 0 aliphatic carbocycles. The zero-order chi connectivity index (χ0) is 29.2. The number of piperidine rings is 1. The van der Waals surface area contributed by atoms with Crippen LogP contribution in [0.1, 0.15) is 18.4 Å². The van der Waals surface area contributed by atoms with Gasteiger partial charge in [0.15, 0.2) is 11.6 Å². The van der Waals surface area contributed by atoms with Crippen molar-refractivity contribution in [3.05, 3.63) is 78.5 Å². The first-order valence-corrected chi connectivity index (χ1v) is 13.5. The molecule has 0 bridgehead atoms. The molecule has 5 aromatic rings. The van der Waals surface area contributed by atoms with E-state index in [-0.39, 0.29) is 11.9 Å². The zero-order valence-electron chi connectivity index (χ0n) is 23.1. The van der Waals surface area contributed by atoms with Crippen LogP contribution >= 0.6 is 0 Å². The molecule has 11 nitrogen and oxygen atoms in total. The van der Waals surface area contributed by atoms with Gasteiger partial charge in [0, 0.05) is 55.0 Å². The van der Waals surface area contributed by atoms with Crippen LogP contribution in [0, 0.1) is 12.7 Å². The number of carbonyl (C=O) groups is 1. The van der Waals surface area contributed by atoms with Gasteiger partial charge in [0.25, 0.3) is 0 Å². The molecule has 1 aliphatic heterocycles. The van der Waals surface area contributed by atoms with Gasteiger partial charge in [0.2, 0.25) is 11.8 Å². The molecule has 2 aromatic carbocycles. The van der Waals surface area contributed by atoms with E-state index in [1.54, 1.807) is 25.5 Å². The Kier molecular flexibility index (Phi) is 7.26. The fraction of sp³-hybridized carbons (Fsp3) is 0.233. The van der Waals surface area contributed by atoms with Crippen molar-refractivity contribution in [2.75, 3.05) is 23.7 Å². The van der Waals surface area contributed by atoms with Gasteiger partial charge in [-0.1, -0.05) is 24.3 Å². The highest BCUT2D eigenvalue weighted by Crippen LogP contribution is 2.39. The first-order chi connectivity index (χ1) is 20.4. The molecule has 1 atom stereocenters. The lowest BCUT2D eigenvalue weighted by molar-refractivity contribution is 0.132. The smallest absolute Gasteiger partial charge is 0.407 e. The first-order valence-electron chi connectivity index (χ1n) is 13.5. The Morgan fingerprint density at radius 3 is 2.79 bits per heavy atom. The van der Waals surface area contributed by atoms with Gasteiger partial charge in [-0.05, 0) is 49.6 Å². The second-order valence-corrected chi connectivity index (χ2v) is 10.2. The minimum atomic E-state index is -0.927. The maximum atomic E-state index is 14.3. The molecule has 3 aromatic heterocycles. The molecule has 1 aliphatic rings. The molecule has 4 heterocycles. The van der Waals surface area contributed by atoms with Crippen molar-refractivity contribution >= 4 is 34.3 Å². The van der Waals surface area contributed by atoms with Crippen LogP contribution in [0.2, 0.25) is 0 Å². The highest BCUT2D eigenvalue weighted by molar-refractivity contribution is 5.99. The second-order valence-electron chi connectivity index (χ2n) is 10.2. The predicted octanol–water partition coefficient (Wildman–Crippen LogP) is 5.96. The van der Waals surface area contributed by atoms with Gasteiger partial charge in [-0.3, -0.25) is 4.68 Å². The molecule has 42 heavy (non-hydrogen) atoms. The van der Waals surface area contributed by atoms with Crippen LogP contribution in [0.25, 0.3) is 22.0 Å². The van der Waals surface area contributed by atoms with Gasteiger partial charge in [-0.25, -0.2) is 24.1 Å². The number of aryl methyl sites for hydroxylation is 2. The maximum absolute atomic E-state index is 14.3. The van der Waals surface area contributed by atoms with Crippen molar-refractivity contribution in [3.8, 4) is 22.9 Å². The maximum Gasteiger partial charge on any atom is 0.407 e. The van der Waals surface area contributed by atoms with Gasteiger partial charge in [0.05, 0.1) is 17.5 Å². The molecule has 1 unspecified atom stereocenters. The Morgan fingerprint density at radius 2 is 1.98 bits per heavy atom. The number of anilines is 3. The largest absolute Gasteiger partial charge is 0.465 e. The normalized spacial score (nSPS) is 15.0. The van der Waals surface area contributed by atoms with Gasteiger partial charge in [-0.15, -0.1) is 0 Å². The fourth-order valence-corrected chi connectivity index (χ4v) is 5.15. The molecular formula is C30H29FN8O3. The van der Waals surface area contributed by atoms with Crippen molar-refractivity contribution in [1.29, 1.82) is 0 Å². The summed E-state index contributed by atoms with van der Waals surface area (Å²) in [7, 11) is 1.66. The van der Waals surface area contributed by atoms with E-state index in [1.165, 1.54) is 15.8 Å². The summed E-state index contributed by atoms with van der Waals surface area (Å²) in [5, 5.41) is 21.6. The van der Waals surface area contributed by atoms with Crippen molar-refractivity contribution in [2.24, 2.45) is 7.05 Å². The summed E-state index contributed by atoms with van der Waals surface area (Å²) in [5.74, 6) is 1.07. The van der Waals surface area contributed by atoms with Gasteiger partial charge < -0.3 is 25.4 Å². The van der Waals surface area contributed by atoms with Crippen LogP contribution in [-0.4, -0.2) is 60.0 Å². The lowest BCUT2D eigenvalue weighted by Gasteiger charge is -2.31. The number of hydrogen-bond acceptors (Lipinski definition) is 8. The van der Waals surface area contributed by atoms with E-state index >= 15 is 0 Å². The van der Waals surface area contributed by atoms with Crippen molar-refractivity contribution in [2.45, 2.75) is 25.8 Å².